The number of carbonyl (C=O) groups excluding carboxylic acids is 1. The largest absolute Gasteiger partial charge is 0.368 e. The molecule has 0 aromatic carbocycles. The van der Waals surface area contributed by atoms with E-state index in [-0.39, 0.29) is 17.3 Å². The minimum Gasteiger partial charge on any atom is -0.368 e. The molecular weight excluding hydrogens is 245 g/mol. The standard InChI is InChI=1S/C14H20FN3O/c1-3-9-18(10-5-6-10)14(19)11-7-8-17-13(12(11)15)16-4-2/h7-8,10H,3-6,9H2,1-2H3,(H,16,17). The number of anilines is 1. The summed E-state index contributed by atoms with van der Waals surface area (Å²) in [6.45, 7) is 5.14. The topological polar surface area (TPSA) is 45.2 Å². The lowest BCUT2D eigenvalue weighted by atomic mass is 10.2. The first-order chi connectivity index (χ1) is 9.19. The van der Waals surface area contributed by atoms with Crippen LogP contribution in [0.2, 0.25) is 0 Å². The second kappa shape index (κ2) is 5.99. The SMILES string of the molecule is CCCN(C(=O)c1ccnc(NCC)c1F)C1CC1. The number of carbonyl (C=O) groups is 1. The van der Waals surface area contributed by atoms with E-state index in [9.17, 15) is 9.18 Å². The fourth-order valence-corrected chi connectivity index (χ4v) is 2.13. The second-order valence-electron chi connectivity index (χ2n) is 4.78. The van der Waals surface area contributed by atoms with Crippen molar-refractivity contribution >= 4 is 11.7 Å². The van der Waals surface area contributed by atoms with Crippen molar-refractivity contribution in [3.63, 3.8) is 0 Å². The molecule has 2 rings (SSSR count). The van der Waals surface area contributed by atoms with Gasteiger partial charge in [-0.1, -0.05) is 6.92 Å². The zero-order chi connectivity index (χ0) is 13.8. The maximum absolute atomic E-state index is 14.2. The fraction of sp³-hybridized carbons (Fsp3) is 0.571. The van der Waals surface area contributed by atoms with Crippen molar-refractivity contribution in [1.82, 2.24) is 9.88 Å². The number of aromatic nitrogens is 1. The van der Waals surface area contributed by atoms with Gasteiger partial charge in [-0.3, -0.25) is 4.79 Å². The summed E-state index contributed by atoms with van der Waals surface area (Å²) in [7, 11) is 0. The molecule has 0 spiro atoms. The van der Waals surface area contributed by atoms with Crippen LogP contribution in [-0.2, 0) is 0 Å². The third kappa shape index (κ3) is 3.03. The highest BCUT2D eigenvalue weighted by Crippen LogP contribution is 2.29. The Balaban J connectivity index is 2.24. The van der Waals surface area contributed by atoms with Gasteiger partial charge in [-0.25, -0.2) is 9.37 Å². The molecule has 1 fully saturated rings. The highest BCUT2D eigenvalue weighted by molar-refractivity contribution is 5.95. The van der Waals surface area contributed by atoms with Gasteiger partial charge >= 0.3 is 0 Å². The molecule has 4 nitrogen and oxygen atoms in total. The molecule has 104 valence electrons. The molecule has 0 aliphatic heterocycles. The molecule has 1 aliphatic rings. The van der Waals surface area contributed by atoms with Crippen molar-refractivity contribution in [3.8, 4) is 0 Å². The highest BCUT2D eigenvalue weighted by atomic mass is 19.1. The molecule has 1 aliphatic carbocycles. The van der Waals surface area contributed by atoms with Crippen LogP contribution in [0.4, 0.5) is 10.2 Å². The van der Waals surface area contributed by atoms with Crippen LogP contribution in [-0.4, -0.2) is 34.9 Å². The Labute approximate surface area is 113 Å². The van der Waals surface area contributed by atoms with E-state index in [4.69, 9.17) is 0 Å². The van der Waals surface area contributed by atoms with E-state index in [1.807, 2.05) is 13.8 Å². The smallest absolute Gasteiger partial charge is 0.257 e. The molecule has 0 atom stereocenters. The number of nitrogens with one attached hydrogen (secondary N) is 1. The van der Waals surface area contributed by atoms with Gasteiger partial charge in [0, 0.05) is 25.3 Å². The molecule has 5 heteroatoms. The third-order valence-electron chi connectivity index (χ3n) is 3.18. The summed E-state index contributed by atoms with van der Waals surface area (Å²) in [4.78, 5) is 18.1. The zero-order valence-corrected chi connectivity index (χ0v) is 11.4. The van der Waals surface area contributed by atoms with E-state index >= 15 is 0 Å². The van der Waals surface area contributed by atoms with E-state index in [1.54, 1.807) is 4.90 Å². The Morgan fingerprint density at radius 1 is 1.53 bits per heavy atom. The molecule has 1 heterocycles. The number of nitrogens with zero attached hydrogens (tertiary/aromatic N) is 2. The lowest BCUT2D eigenvalue weighted by Gasteiger charge is -2.22. The Morgan fingerprint density at radius 3 is 2.84 bits per heavy atom. The van der Waals surface area contributed by atoms with Crippen LogP contribution >= 0.6 is 0 Å². The second-order valence-corrected chi connectivity index (χ2v) is 4.78. The Morgan fingerprint density at radius 2 is 2.26 bits per heavy atom. The number of amides is 1. The first kappa shape index (κ1) is 13.8. The van der Waals surface area contributed by atoms with Gasteiger partial charge in [0.25, 0.3) is 5.91 Å². The number of pyridine rings is 1. The van der Waals surface area contributed by atoms with Gasteiger partial charge in [0.2, 0.25) is 0 Å². The summed E-state index contributed by atoms with van der Waals surface area (Å²) < 4.78 is 14.2. The Kier molecular flexibility index (Phi) is 4.35. The molecule has 1 aromatic rings. The number of hydrogen-bond acceptors (Lipinski definition) is 3. The van der Waals surface area contributed by atoms with E-state index in [0.717, 1.165) is 19.3 Å². The minimum absolute atomic E-state index is 0.117. The monoisotopic (exact) mass is 265 g/mol. The molecule has 1 amide bonds. The predicted molar refractivity (Wildman–Crippen MR) is 72.7 cm³/mol. The average molecular weight is 265 g/mol. The molecule has 19 heavy (non-hydrogen) atoms. The number of hydrogen-bond donors (Lipinski definition) is 1. The third-order valence-corrected chi connectivity index (χ3v) is 3.18. The van der Waals surface area contributed by atoms with Gasteiger partial charge in [-0.2, -0.15) is 0 Å². The minimum atomic E-state index is -0.545. The predicted octanol–water partition coefficient (Wildman–Crippen LogP) is 2.67. The molecule has 0 radical (unpaired) electrons. The van der Waals surface area contributed by atoms with Crippen LogP contribution in [0.1, 0.15) is 43.5 Å². The number of rotatable bonds is 6. The molecule has 1 saturated carbocycles. The summed E-state index contributed by atoms with van der Waals surface area (Å²) in [5.74, 6) is -0.611. The molecule has 0 bridgehead atoms. The quantitative estimate of drug-likeness (QED) is 0.860. The highest BCUT2D eigenvalue weighted by Gasteiger charge is 2.33. The van der Waals surface area contributed by atoms with Gasteiger partial charge in [-0.05, 0) is 32.3 Å². The fourth-order valence-electron chi connectivity index (χ4n) is 2.13. The first-order valence-electron chi connectivity index (χ1n) is 6.88. The van der Waals surface area contributed by atoms with Crippen LogP contribution in [0, 0.1) is 5.82 Å². The van der Waals surface area contributed by atoms with Crippen molar-refractivity contribution < 1.29 is 9.18 Å². The molecular formula is C14H20FN3O. The van der Waals surface area contributed by atoms with Gasteiger partial charge in [0.1, 0.15) is 0 Å². The molecule has 0 unspecified atom stereocenters. The summed E-state index contributed by atoms with van der Waals surface area (Å²) in [5, 5.41) is 2.83. The van der Waals surface area contributed by atoms with E-state index in [2.05, 4.69) is 10.3 Å². The van der Waals surface area contributed by atoms with Crippen LogP contribution in [0.5, 0.6) is 0 Å². The van der Waals surface area contributed by atoms with Gasteiger partial charge in [-0.15, -0.1) is 0 Å². The van der Waals surface area contributed by atoms with Crippen LogP contribution < -0.4 is 5.32 Å². The maximum Gasteiger partial charge on any atom is 0.257 e. The first-order valence-corrected chi connectivity index (χ1v) is 6.88. The van der Waals surface area contributed by atoms with Crippen molar-refractivity contribution in [2.75, 3.05) is 18.4 Å². The molecule has 1 aromatic heterocycles. The lowest BCUT2D eigenvalue weighted by molar-refractivity contribution is 0.0738. The van der Waals surface area contributed by atoms with Crippen LogP contribution in [0.15, 0.2) is 12.3 Å². The van der Waals surface area contributed by atoms with Gasteiger partial charge in [0.05, 0.1) is 5.56 Å². The van der Waals surface area contributed by atoms with E-state index in [0.29, 0.717) is 19.1 Å². The van der Waals surface area contributed by atoms with Crippen LogP contribution in [0.25, 0.3) is 0 Å². The zero-order valence-electron chi connectivity index (χ0n) is 11.4. The van der Waals surface area contributed by atoms with Crippen molar-refractivity contribution in [3.05, 3.63) is 23.6 Å². The van der Waals surface area contributed by atoms with Crippen molar-refractivity contribution in [1.29, 1.82) is 0 Å². The van der Waals surface area contributed by atoms with Crippen LogP contribution in [0.3, 0.4) is 0 Å². The number of halogens is 1. The summed E-state index contributed by atoms with van der Waals surface area (Å²) in [6, 6.07) is 1.76. The summed E-state index contributed by atoms with van der Waals surface area (Å²) in [5.41, 5.74) is 0.117. The maximum atomic E-state index is 14.2. The molecule has 0 saturated heterocycles. The van der Waals surface area contributed by atoms with Crippen molar-refractivity contribution in [2.24, 2.45) is 0 Å². The van der Waals surface area contributed by atoms with Crippen molar-refractivity contribution in [2.45, 2.75) is 39.2 Å². The van der Waals surface area contributed by atoms with Gasteiger partial charge < -0.3 is 10.2 Å². The van der Waals surface area contributed by atoms with Gasteiger partial charge in [0.15, 0.2) is 11.6 Å². The van der Waals surface area contributed by atoms with E-state index < -0.39 is 5.82 Å². The Bertz CT molecular complexity index is 460. The lowest BCUT2D eigenvalue weighted by Crippen LogP contribution is -2.34. The average Bonchev–Trinajstić information content (AvgIpc) is 3.22. The normalized spacial score (nSPS) is 14.3. The Hall–Kier alpha value is -1.65. The molecule has 1 N–H and O–H groups in total. The van der Waals surface area contributed by atoms with E-state index in [1.165, 1.54) is 12.3 Å². The summed E-state index contributed by atoms with van der Waals surface area (Å²) >= 11 is 0. The summed E-state index contributed by atoms with van der Waals surface area (Å²) in [6.07, 6.45) is 4.41.